The van der Waals surface area contributed by atoms with Crippen molar-refractivity contribution >= 4 is 5.82 Å². The number of nitrogens with zero attached hydrogens (tertiary/aromatic N) is 2. The van der Waals surface area contributed by atoms with Crippen molar-refractivity contribution in [1.82, 2.24) is 9.97 Å². The van der Waals surface area contributed by atoms with E-state index in [1.807, 2.05) is 0 Å². The number of nitrogens with one attached hydrogen (secondary N) is 1. The van der Waals surface area contributed by atoms with Gasteiger partial charge >= 0.3 is 0 Å². The first-order chi connectivity index (χ1) is 8.67. The van der Waals surface area contributed by atoms with Crippen molar-refractivity contribution in [2.24, 2.45) is 5.41 Å². The summed E-state index contributed by atoms with van der Waals surface area (Å²) in [6.07, 6.45) is 6.82. The SMILES string of the molecule is Cc1ncnc(NCC2(CO)CCCCC2)c1F. The van der Waals surface area contributed by atoms with Crippen LogP contribution in [0.4, 0.5) is 10.2 Å². The molecule has 0 aliphatic heterocycles. The fourth-order valence-electron chi connectivity index (χ4n) is 2.54. The number of anilines is 1. The van der Waals surface area contributed by atoms with Crippen molar-refractivity contribution in [2.75, 3.05) is 18.5 Å². The number of aryl methyl sites for hydroxylation is 1. The van der Waals surface area contributed by atoms with Gasteiger partial charge in [-0.05, 0) is 19.8 Å². The Kier molecular flexibility index (Phi) is 4.11. The Hall–Kier alpha value is -1.23. The van der Waals surface area contributed by atoms with Crippen molar-refractivity contribution in [1.29, 1.82) is 0 Å². The molecule has 1 fully saturated rings. The molecule has 1 heterocycles. The standard InChI is InChI=1S/C13H20FN3O/c1-10-11(14)12(17-9-16-10)15-7-13(8-18)5-3-2-4-6-13/h9,18H,2-8H2,1H3,(H,15,16,17). The summed E-state index contributed by atoms with van der Waals surface area (Å²) in [7, 11) is 0. The highest BCUT2D eigenvalue weighted by Crippen LogP contribution is 2.36. The molecule has 1 aromatic heterocycles. The zero-order valence-corrected chi connectivity index (χ0v) is 10.7. The van der Waals surface area contributed by atoms with Crippen molar-refractivity contribution in [3.05, 3.63) is 17.8 Å². The van der Waals surface area contributed by atoms with Gasteiger partial charge in [0.25, 0.3) is 0 Å². The van der Waals surface area contributed by atoms with Gasteiger partial charge in [-0.2, -0.15) is 0 Å². The number of rotatable bonds is 4. The minimum absolute atomic E-state index is 0.121. The lowest BCUT2D eigenvalue weighted by Crippen LogP contribution is -2.36. The summed E-state index contributed by atoms with van der Waals surface area (Å²) >= 11 is 0. The van der Waals surface area contributed by atoms with Gasteiger partial charge in [-0.3, -0.25) is 0 Å². The summed E-state index contributed by atoms with van der Waals surface area (Å²) in [5.74, 6) is -0.165. The zero-order chi connectivity index (χ0) is 13.0. The van der Waals surface area contributed by atoms with Crippen molar-refractivity contribution in [3.63, 3.8) is 0 Å². The summed E-state index contributed by atoms with van der Waals surface area (Å²) < 4.78 is 13.7. The van der Waals surface area contributed by atoms with Gasteiger partial charge in [0.2, 0.25) is 0 Å². The van der Waals surface area contributed by atoms with Crippen LogP contribution in [0.1, 0.15) is 37.8 Å². The number of halogens is 1. The molecular formula is C13H20FN3O. The largest absolute Gasteiger partial charge is 0.396 e. The highest BCUT2D eigenvalue weighted by molar-refractivity contribution is 5.37. The van der Waals surface area contributed by atoms with Crippen LogP contribution in [0.2, 0.25) is 0 Å². The van der Waals surface area contributed by atoms with Crippen LogP contribution in [-0.2, 0) is 0 Å². The molecule has 0 radical (unpaired) electrons. The molecule has 100 valence electrons. The summed E-state index contributed by atoms with van der Waals surface area (Å²) in [5, 5.41) is 12.6. The van der Waals surface area contributed by atoms with E-state index in [0.29, 0.717) is 12.2 Å². The normalized spacial score (nSPS) is 18.6. The van der Waals surface area contributed by atoms with Gasteiger partial charge in [0.15, 0.2) is 11.6 Å². The van der Waals surface area contributed by atoms with Gasteiger partial charge in [0.1, 0.15) is 6.33 Å². The minimum Gasteiger partial charge on any atom is -0.396 e. The molecule has 0 bridgehead atoms. The Morgan fingerprint density at radius 3 is 2.72 bits per heavy atom. The maximum atomic E-state index is 13.7. The molecule has 4 nitrogen and oxygen atoms in total. The molecular weight excluding hydrogens is 233 g/mol. The quantitative estimate of drug-likeness (QED) is 0.864. The molecule has 1 aliphatic carbocycles. The third kappa shape index (κ3) is 2.77. The zero-order valence-electron chi connectivity index (χ0n) is 10.7. The van der Waals surface area contributed by atoms with E-state index >= 15 is 0 Å². The van der Waals surface area contributed by atoms with Crippen molar-refractivity contribution < 1.29 is 9.50 Å². The summed E-state index contributed by atoms with van der Waals surface area (Å²) in [5.41, 5.74) is 0.220. The number of aliphatic hydroxyl groups is 1. The van der Waals surface area contributed by atoms with Crippen LogP contribution in [0.3, 0.4) is 0 Å². The smallest absolute Gasteiger partial charge is 0.186 e. The summed E-state index contributed by atoms with van der Waals surface area (Å²) in [4.78, 5) is 7.71. The molecule has 2 rings (SSSR count). The molecule has 0 spiro atoms. The third-order valence-electron chi connectivity index (χ3n) is 3.84. The number of hydrogen-bond acceptors (Lipinski definition) is 4. The van der Waals surface area contributed by atoms with E-state index in [1.54, 1.807) is 6.92 Å². The fraction of sp³-hybridized carbons (Fsp3) is 0.692. The lowest BCUT2D eigenvalue weighted by Gasteiger charge is -2.35. The third-order valence-corrected chi connectivity index (χ3v) is 3.84. The van der Waals surface area contributed by atoms with E-state index in [4.69, 9.17) is 0 Å². The monoisotopic (exact) mass is 253 g/mol. The second kappa shape index (κ2) is 5.61. The molecule has 0 saturated heterocycles. The molecule has 5 heteroatoms. The number of aliphatic hydroxyl groups excluding tert-OH is 1. The average Bonchev–Trinajstić information content (AvgIpc) is 2.41. The Balaban J connectivity index is 2.03. The van der Waals surface area contributed by atoms with E-state index in [2.05, 4.69) is 15.3 Å². The second-order valence-corrected chi connectivity index (χ2v) is 5.19. The molecule has 0 atom stereocenters. The van der Waals surface area contributed by atoms with Crippen LogP contribution < -0.4 is 5.32 Å². The maximum Gasteiger partial charge on any atom is 0.186 e. The van der Waals surface area contributed by atoms with Gasteiger partial charge < -0.3 is 10.4 Å². The lowest BCUT2D eigenvalue weighted by atomic mass is 9.74. The van der Waals surface area contributed by atoms with Crippen LogP contribution in [0.25, 0.3) is 0 Å². The van der Waals surface area contributed by atoms with E-state index in [9.17, 15) is 9.50 Å². The van der Waals surface area contributed by atoms with Crippen molar-refractivity contribution in [3.8, 4) is 0 Å². The topological polar surface area (TPSA) is 58.0 Å². The van der Waals surface area contributed by atoms with Gasteiger partial charge in [0, 0.05) is 12.0 Å². The average molecular weight is 253 g/mol. The van der Waals surface area contributed by atoms with E-state index in [1.165, 1.54) is 12.7 Å². The molecule has 18 heavy (non-hydrogen) atoms. The van der Waals surface area contributed by atoms with Gasteiger partial charge in [-0.15, -0.1) is 0 Å². The molecule has 0 amide bonds. The first kappa shape index (κ1) is 13.2. The van der Waals surface area contributed by atoms with Crippen molar-refractivity contribution in [2.45, 2.75) is 39.0 Å². The first-order valence-electron chi connectivity index (χ1n) is 6.49. The van der Waals surface area contributed by atoms with Crippen LogP contribution in [0.15, 0.2) is 6.33 Å². The van der Waals surface area contributed by atoms with Crippen LogP contribution in [-0.4, -0.2) is 28.2 Å². The lowest BCUT2D eigenvalue weighted by molar-refractivity contribution is 0.0942. The Labute approximate surface area is 107 Å². The minimum atomic E-state index is -0.401. The number of aromatic nitrogens is 2. The molecule has 1 saturated carbocycles. The predicted octanol–water partition coefficient (Wildman–Crippen LogP) is 2.28. The highest BCUT2D eigenvalue weighted by atomic mass is 19.1. The van der Waals surface area contributed by atoms with Crippen LogP contribution >= 0.6 is 0 Å². The second-order valence-electron chi connectivity index (χ2n) is 5.19. The van der Waals surface area contributed by atoms with E-state index in [-0.39, 0.29) is 17.8 Å². The Morgan fingerprint density at radius 2 is 2.06 bits per heavy atom. The summed E-state index contributed by atoms with van der Waals surface area (Å²) in [6, 6.07) is 0. The predicted molar refractivity (Wildman–Crippen MR) is 67.8 cm³/mol. The highest BCUT2D eigenvalue weighted by Gasteiger charge is 2.31. The Bertz CT molecular complexity index is 405. The van der Waals surface area contributed by atoms with Gasteiger partial charge in [-0.1, -0.05) is 19.3 Å². The van der Waals surface area contributed by atoms with Gasteiger partial charge in [0.05, 0.1) is 12.3 Å². The molecule has 0 unspecified atom stereocenters. The molecule has 1 aromatic rings. The van der Waals surface area contributed by atoms with E-state index in [0.717, 1.165) is 25.7 Å². The maximum absolute atomic E-state index is 13.7. The fourth-order valence-corrected chi connectivity index (χ4v) is 2.54. The molecule has 0 aromatic carbocycles. The van der Waals surface area contributed by atoms with E-state index < -0.39 is 5.82 Å². The molecule has 2 N–H and O–H groups in total. The summed E-state index contributed by atoms with van der Waals surface area (Å²) in [6.45, 7) is 2.33. The first-order valence-corrected chi connectivity index (χ1v) is 6.49. The molecule has 1 aliphatic rings. The Morgan fingerprint density at radius 1 is 1.33 bits per heavy atom. The van der Waals surface area contributed by atoms with Crippen LogP contribution in [0.5, 0.6) is 0 Å². The number of hydrogen-bond donors (Lipinski definition) is 2. The van der Waals surface area contributed by atoms with Crippen LogP contribution in [0, 0.1) is 18.2 Å². The van der Waals surface area contributed by atoms with Gasteiger partial charge in [-0.25, -0.2) is 14.4 Å².